The Morgan fingerprint density at radius 1 is 1.50 bits per heavy atom. The van der Waals surface area contributed by atoms with Gasteiger partial charge in [-0.15, -0.1) is 0 Å². The second kappa shape index (κ2) is 4.35. The molecule has 1 aliphatic heterocycles. The highest BCUT2D eigenvalue weighted by atomic mass is 35.5. The highest BCUT2D eigenvalue weighted by Crippen LogP contribution is 2.43. The lowest BCUT2D eigenvalue weighted by atomic mass is 9.84. The predicted octanol–water partition coefficient (Wildman–Crippen LogP) is 3.03. The number of carboxylic acids is 1. The molecule has 98 valence electrons. The Bertz CT molecular complexity index is 508. The van der Waals surface area contributed by atoms with Crippen LogP contribution in [-0.4, -0.2) is 17.9 Å². The maximum absolute atomic E-state index is 11.2. The van der Waals surface area contributed by atoms with Gasteiger partial charge in [0.15, 0.2) is 11.5 Å². The molecule has 0 atom stereocenters. The van der Waals surface area contributed by atoms with E-state index < -0.39 is 11.4 Å². The summed E-state index contributed by atoms with van der Waals surface area (Å²) >= 11 is 6.20. The minimum absolute atomic E-state index is 0.153. The van der Waals surface area contributed by atoms with Crippen molar-refractivity contribution in [2.24, 2.45) is 5.41 Å². The van der Waals surface area contributed by atoms with Crippen molar-refractivity contribution < 1.29 is 19.4 Å². The van der Waals surface area contributed by atoms with Gasteiger partial charge in [0.2, 0.25) is 6.79 Å². The third-order valence-corrected chi connectivity index (χ3v) is 3.62. The standard InChI is InChI=1S/C13H15ClO4/c1-7-8(5-13(2,3)12(15)16)4-9-11(10(7)14)18-6-17-9/h4H,5-6H2,1-3H3,(H,15,16). The molecule has 0 radical (unpaired) electrons. The molecule has 5 heteroatoms. The maximum Gasteiger partial charge on any atom is 0.309 e. The van der Waals surface area contributed by atoms with Gasteiger partial charge in [-0.25, -0.2) is 0 Å². The second-order valence-electron chi connectivity index (χ2n) is 5.07. The molecule has 0 saturated heterocycles. The fraction of sp³-hybridized carbons (Fsp3) is 0.462. The van der Waals surface area contributed by atoms with Gasteiger partial charge >= 0.3 is 5.97 Å². The fourth-order valence-corrected chi connectivity index (χ4v) is 2.15. The Morgan fingerprint density at radius 2 is 2.17 bits per heavy atom. The number of fused-ring (bicyclic) bond motifs is 1. The van der Waals surface area contributed by atoms with Gasteiger partial charge in [-0.3, -0.25) is 4.79 Å². The van der Waals surface area contributed by atoms with Crippen LogP contribution in [0.1, 0.15) is 25.0 Å². The predicted molar refractivity (Wildman–Crippen MR) is 67.4 cm³/mol. The van der Waals surface area contributed by atoms with Gasteiger partial charge in [-0.1, -0.05) is 11.6 Å². The molecule has 0 spiro atoms. The van der Waals surface area contributed by atoms with Crippen molar-refractivity contribution in [3.63, 3.8) is 0 Å². The van der Waals surface area contributed by atoms with Crippen LogP contribution in [0, 0.1) is 12.3 Å². The zero-order chi connectivity index (χ0) is 13.5. The van der Waals surface area contributed by atoms with E-state index >= 15 is 0 Å². The third-order valence-electron chi connectivity index (χ3n) is 3.17. The molecule has 0 amide bonds. The number of carboxylic acid groups (broad SMARTS) is 1. The van der Waals surface area contributed by atoms with Crippen LogP contribution in [0.4, 0.5) is 0 Å². The molecule has 0 aromatic heterocycles. The lowest BCUT2D eigenvalue weighted by Crippen LogP contribution is -2.26. The fourth-order valence-electron chi connectivity index (χ4n) is 1.88. The monoisotopic (exact) mass is 270 g/mol. The zero-order valence-electron chi connectivity index (χ0n) is 10.5. The van der Waals surface area contributed by atoms with Crippen LogP contribution < -0.4 is 9.47 Å². The SMILES string of the molecule is Cc1c(CC(C)(C)C(=O)O)cc2c(c1Cl)OCO2. The smallest absolute Gasteiger partial charge is 0.309 e. The molecule has 2 rings (SSSR count). The molecule has 0 unspecified atom stereocenters. The summed E-state index contributed by atoms with van der Waals surface area (Å²) in [5, 5.41) is 9.67. The van der Waals surface area contributed by atoms with Gasteiger partial charge in [0.25, 0.3) is 0 Å². The quantitative estimate of drug-likeness (QED) is 0.917. The highest BCUT2D eigenvalue weighted by molar-refractivity contribution is 6.33. The molecule has 1 aromatic carbocycles. The third kappa shape index (κ3) is 2.12. The molecule has 1 aliphatic rings. The summed E-state index contributed by atoms with van der Waals surface area (Å²) in [6.45, 7) is 5.39. The first-order valence-electron chi connectivity index (χ1n) is 5.64. The van der Waals surface area contributed by atoms with E-state index in [1.165, 1.54) is 0 Å². The Morgan fingerprint density at radius 3 is 2.78 bits per heavy atom. The lowest BCUT2D eigenvalue weighted by Gasteiger charge is -2.21. The van der Waals surface area contributed by atoms with Crippen molar-refractivity contribution >= 4 is 17.6 Å². The van der Waals surface area contributed by atoms with Crippen LogP contribution >= 0.6 is 11.6 Å². The molecule has 0 fully saturated rings. The maximum atomic E-state index is 11.2. The van der Waals surface area contributed by atoms with Crippen LogP contribution in [0.3, 0.4) is 0 Å². The number of aliphatic carboxylic acids is 1. The Kier molecular flexibility index (Phi) is 3.15. The first-order valence-corrected chi connectivity index (χ1v) is 6.01. The average molecular weight is 271 g/mol. The van der Waals surface area contributed by atoms with Crippen LogP contribution in [0.15, 0.2) is 6.07 Å². The van der Waals surface area contributed by atoms with Crippen molar-refractivity contribution in [3.8, 4) is 11.5 Å². The van der Waals surface area contributed by atoms with E-state index in [1.807, 2.05) is 13.0 Å². The zero-order valence-corrected chi connectivity index (χ0v) is 11.3. The summed E-state index contributed by atoms with van der Waals surface area (Å²) in [6, 6.07) is 1.81. The summed E-state index contributed by atoms with van der Waals surface area (Å²) < 4.78 is 10.6. The first kappa shape index (κ1) is 13.0. The van der Waals surface area contributed by atoms with Crippen molar-refractivity contribution in [2.45, 2.75) is 27.2 Å². The van der Waals surface area contributed by atoms with E-state index in [9.17, 15) is 4.79 Å². The molecule has 0 saturated carbocycles. The summed E-state index contributed by atoms with van der Waals surface area (Å²) in [5.41, 5.74) is 0.869. The molecule has 4 nitrogen and oxygen atoms in total. The van der Waals surface area contributed by atoms with Crippen LogP contribution in [0.25, 0.3) is 0 Å². The summed E-state index contributed by atoms with van der Waals surface area (Å²) in [6.07, 6.45) is 0.393. The Balaban J connectivity index is 2.41. The number of rotatable bonds is 3. The molecule has 0 bridgehead atoms. The van der Waals surface area contributed by atoms with Crippen molar-refractivity contribution in [1.29, 1.82) is 0 Å². The van der Waals surface area contributed by atoms with Crippen LogP contribution in [-0.2, 0) is 11.2 Å². The van der Waals surface area contributed by atoms with E-state index in [2.05, 4.69) is 0 Å². The van der Waals surface area contributed by atoms with E-state index in [0.29, 0.717) is 22.9 Å². The molecular weight excluding hydrogens is 256 g/mol. The average Bonchev–Trinajstić information content (AvgIpc) is 2.73. The Labute approximate surface area is 110 Å². The van der Waals surface area contributed by atoms with Crippen molar-refractivity contribution in [3.05, 3.63) is 22.2 Å². The van der Waals surface area contributed by atoms with E-state index in [4.69, 9.17) is 26.2 Å². The lowest BCUT2D eigenvalue weighted by molar-refractivity contribution is -0.146. The summed E-state index contributed by atoms with van der Waals surface area (Å²) in [5.74, 6) is 0.295. The van der Waals surface area contributed by atoms with Gasteiger partial charge in [-0.05, 0) is 44.4 Å². The molecular formula is C13H15ClO4. The first-order chi connectivity index (χ1) is 8.33. The minimum Gasteiger partial charge on any atom is -0.481 e. The van der Waals surface area contributed by atoms with E-state index in [1.54, 1.807) is 13.8 Å². The Hall–Kier alpha value is -1.42. The number of benzene rings is 1. The largest absolute Gasteiger partial charge is 0.481 e. The van der Waals surface area contributed by atoms with Gasteiger partial charge in [0, 0.05) is 0 Å². The summed E-state index contributed by atoms with van der Waals surface area (Å²) in [7, 11) is 0. The number of hydrogen-bond acceptors (Lipinski definition) is 3. The topological polar surface area (TPSA) is 55.8 Å². The van der Waals surface area contributed by atoms with Crippen LogP contribution in [0.5, 0.6) is 11.5 Å². The second-order valence-corrected chi connectivity index (χ2v) is 5.45. The molecule has 1 N–H and O–H groups in total. The van der Waals surface area contributed by atoms with Crippen molar-refractivity contribution in [2.75, 3.05) is 6.79 Å². The summed E-state index contributed by atoms with van der Waals surface area (Å²) in [4.78, 5) is 11.2. The molecule has 1 aromatic rings. The molecule has 1 heterocycles. The molecule has 0 aliphatic carbocycles. The number of halogens is 1. The normalized spacial score (nSPS) is 13.8. The number of ether oxygens (including phenoxy) is 2. The van der Waals surface area contributed by atoms with Crippen LogP contribution in [0.2, 0.25) is 5.02 Å². The van der Waals surface area contributed by atoms with Gasteiger partial charge in [0.05, 0.1) is 10.4 Å². The van der Waals surface area contributed by atoms with Gasteiger partial charge < -0.3 is 14.6 Å². The van der Waals surface area contributed by atoms with Gasteiger partial charge in [-0.2, -0.15) is 0 Å². The minimum atomic E-state index is -0.845. The van der Waals surface area contributed by atoms with Crippen molar-refractivity contribution in [1.82, 2.24) is 0 Å². The van der Waals surface area contributed by atoms with Gasteiger partial charge in [0.1, 0.15) is 0 Å². The number of hydrogen-bond donors (Lipinski definition) is 1. The van der Waals surface area contributed by atoms with E-state index in [0.717, 1.165) is 11.1 Å². The highest BCUT2D eigenvalue weighted by Gasteiger charge is 2.30. The van der Waals surface area contributed by atoms with E-state index in [-0.39, 0.29) is 6.79 Å². The number of carbonyl (C=O) groups is 1. The molecule has 18 heavy (non-hydrogen) atoms.